The standard InChI is InChI=1S/C15H14Cl2FN3O/c16-12-7-10(22-15-4-3-14(17)19-20-15)8-13(18)11(12)9-21-5-1-2-6-21/h3-4,7-8H,1-2,5-6,9H2. The van der Waals surface area contributed by atoms with Gasteiger partial charge < -0.3 is 4.74 Å². The molecule has 1 aliphatic heterocycles. The molecule has 1 aliphatic rings. The molecule has 1 aromatic carbocycles. The van der Waals surface area contributed by atoms with Crippen molar-refractivity contribution in [3.63, 3.8) is 0 Å². The first-order valence-electron chi connectivity index (χ1n) is 6.99. The van der Waals surface area contributed by atoms with Gasteiger partial charge in [0.15, 0.2) is 5.15 Å². The van der Waals surface area contributed by atoms with Gasteiger partial charge in [-0.3, -0.25) is 4.90 Å². The lowest BCUT2D eigenvalue weighted by Crippen LogP contribution is -2.19. The minimum atomic E-state index is -0.378. The van der Waals surface area contributed by atoms with Crippen molar-refractivity contribution < 1.29 is 9.13 Å². The molecule has 1 fully saturated rings. The Bertz CT molecular complexity index is 637. The van der Waals surface area contributed by atoms with Crippen LogP contribution in [0.1, 0.15) is 18.4 Å². The van der Waals surface area contributed by atoms with Crippen LogP contribution in [0.25, 0.3) is 0 Å². The van der Waals surface area contributed by atoms with Crippen LogP contribution in [0.15, 0.2) is 24.3 Å². The van der Waals surface area contributed by atoms with Crippen molar-refractivity contribution in [3.05, 3.63) is 45.8 Å². The van der Waals surface area contributed by atoms with Crippen molar-refractivity contribution in [3.8, 4) is 11.6 Å². The van der Waals surface area contributed by atoms with Crippen molar-refractivity contribution in [2.75, 3.05) is 13.1 Å². The molecular weight excluding hydrogens is 328 g/mol. The SMILES string of the molecule is Fc1cc(Oc2ccc(Cl)nn2)cc(Cl)c1CN1CCCC1. The average Bonchev–Trinajstić information content (AvgIpc) is 2.98. The predicted molar refractivity (Wildman–Crippen MR) is 83.0 cm³/mol. The summed E-state index contributed by atoms with van der Waals surface area (Å²) in [4.78, 5) is 2.19. The van der Waals surface area contributed by atoms with Gasteiger partial charge in [0.25, 0.3) is 0 Å². The maximum atomic E-state index is 14.3. The summed E-state index contributed by atoms with van der Waals surface area (Å²) in [6.45, 7) is 2.48. The van der Waals surface area contributed by atoms with E-state index in [1.807, 2.05) is 0 Å². The number of hydrogen-bond acceptors (Lipinski definition) is 4. The van der Waals surface area contributed by atoms with Crippen LogP contribution in [-0.2, 0) is 6.54 Å². The summed E-state index contributed by atoms with van der Waals surface area (Å²) in [5.74, 6) is 0.132. The van der Waals surface area contributed by atoms with Crippen LogP contribution < -0.4 is 4.74 Å². The summed E-state index contributed by atoms with van der Waals surface area (Å²) in [7, 11) is 0. The molecule has 0 bridgehead atoms. The lowest BCUT2D eigenvalue weighted by molar-refractivity contribution is 0.325. The van der Waals surface area contributed by atoms with Crippen LogP contribution >= 0.6 is 23.2 Å². The second kappa shape index (κ2) is 6.77. The van der Waals surface area contributed by atoms with Crippen LogP contribution in [0.4, 0.5) is 4.39 Å². The van der Waals surface area contributed by atoms with Crippen molar-refractivity contribution in [2.45, 2.75) is 19.4 Å². The fourth-order valence-electron chi connectivity index (χ4n) is 2.43. The molecule has 0 radical (unpaired) electrons. The van der Waals surface area contributed by atoms with Gasteiger partial charge in [-0.25, -0.2) is 4.39 Å². The Labute approximate surface area is 137 Å². The Balaban J connectivity index is 1.77. The maximum absolute atomic E-state index is 14.3. The van der Waals surface area contributed by atoms with Gasteiger partial charge in [-0.2, -0.15) is 0 Å². The molecule has 4 nitrogen and oxygen atoms in total. The molecule has 0 amide bonds. The fourth-order valence-corrected chi connectivity index (χ4v) is 2.79. The highest BCUT2D eigenvalue weighted by Gasteiger charge is 2.17. The highest BCUT2D eigenvalue weighted by molar-refractivity contribution is 6.31. The monoisotopic (exact) mass is 341 g/mol. The van der Waals surface area contributed by atoms with Gasteiger partial charge in [0.1, 0.15) is 11.6 Å². The third-order valence-corrected chi connectivity index (χ3v) is 4.06. The number of ether oxygens (including phenoxy) is 1. The topological polar surface area (TPSA) is 38.3 Å². The number of hydrogen-bond donors (Lipinski definition) is 0. The number of rotatable bonds is 4. The van der Waals surface area contributed by atoms with Gasteiger partial charge in [0, 0.05) is 30.3 Å². The second-order valence-corrected chi connectivity index (χ2v) is 5.94. The zero-order valence-corrected chi connectivity index (χ0v) is 13.2. The summed E-state index contributed by atoms with van der Waals surface area (Å²) in [5.41, 5.74) is 0.498. The fraction of sp³-hybridized carbons (Fsp3) is 0.333. The largest absolute Gasteiger partial charge is 0.437 e. The van der Waals surface area contributed by atoms with Crippen LogP contribution in [0, 0.1) is 5.82 Å². The minimum absolute atomic E-state index is 0.229. The number of likely N-dealkylation sites (tertiary alicyclic amines) is 1. The van der Waals surface area contributed by atoms with E-state index in [1.54, 1.807) is 18.2 Å². The number of aromatic nitrogens is 2. The highest BCUT2D eigenvalue weighted by atomic mass is 35.5. The molecule has 2 heterocycles. The highest BCUT2D eigenvalue weighted by Crippen LogP contribution is 2.30. The Morgan fingerprint density at radius 3 is 2.55 bits per heavy atom. The predicted octanol–water partition coefficient (Wildman–Crippen LogP) is 4.31. The molecule has 0 aliphatic carbocycles. The molecule has 0 N–H and O–H groups in total. The van der Waals surface area contributed by atoms with Gasteiger partial charge in [-0.05, 0) is 32.0 Å². The average molecular weight is 342 g/mol. The zero-order valence-electron chi connectivity index (χ0n) is 11.7. The molecule has 3 rings (SSSR count). The van der Waals surface area contributed by atoms with Gasteiger partial charge in [0.2, 0.25) is 5.88 Å². The maximum Gasteiger partial charge on any atom is 0.238 e. The molecule has 116 valence electrons. The van der Waals surface area contributed by atoms with E-state index in [0.717, 1.165) is 25.9 Å². The van der Waals surface area contributed by atoms with Crippen LogP contribution in [0.5, 0.6) is 11.6 Å². The lowest BCUT2D eigenvalue weighted by Gasteiger charge is -2.17. The van der Waals surface area contributed by atoms with E-state index < -0.39 is 0 Å². The van der Waals surface area contributed by atoms with Crippen molar-refractivity contribution in [1.82, 2.24) is 15.1 Å². The first-order chi connectivity index (χ1) is 10.6. The van der Waals surface area contributed by atoms with Crippen LogP contribution in [-0.4, -0.2) is 28.2 Å². The molecule has 0 spiro atoms. The summed E-state index contributed by atoms with van der Waals surface area (Å²) in [6.07, 6.45) is 2.30. The van der Waals surface area contributed by atoms with E-state index in [0.29, 0.717) is 17.1 Å². The minimum Gasteiger partial charge on any atom is -0.437 e. The van der Waals surface area contributed by atoms with Gasteiger partial charge >= 0.3 is 0 Å². The number of benzene rings is 1. The normalized spacial score (nSPS) is 15.2. The van der Waals surface area contributed by atoms with E-state index in [2.05, 4.69) is 15.1 Å². The third kappa shape index (κ3) is 3.66. The number of halogens is 3. The summed E-state index contributed by atoms with van der Waals surface area (Å²) in [5, 5.41) is 8.04. The molecule has 1 aromatic heterocycles. The molecular formula is C15H14Cl2FN3O. The first-order valence-corrected chi connectivity index (χ1v) is 7.75. The van der Waals surface area contributed by atoms with Crippen molar-refractivity contribution >= 4 is 23.2 Å². The smallest absolute Gasteiger partial charge is 0.238 e. The molecule has 0 atom stereocenters. The van der Waals surface area contributed by atoms with E-state index in [4.69, 9.17) is 27.9 Å². The van der Waals surface area contributed by atoms with E-state index >= 15 is 0 Å². The first kappa shape index (κ1) is 15.5. The van der Waals surface area contributed by atoms with Gasteiger partial charge in [-0.15, -0.1) is 10.2 Å². The molecule has 22 heavy (non-hydrogen) atoms. The molecule has 1 saturated heterocycles. The Morgan fingerprint density at radius 1 is 1.14 bits per heavy atom. The molecule has 0 unspecified atom stereocenters. The lowest BCUT2D eigenvalue weighted by atomic mass is 10.2. The number of nitrogens with zero attached hydrogens (tertiary/aromatic N) is 3. The summed E-state index contributed by atoms with van der Waals surface area (Å²) < 4.78 is 19.7. The molecule has 0 saturated carbocycles. The van der Waals surface area contributed by atoms with Crippen LogP contribution in [0.3, 0.4) is 0 Å². The van der Waals surface area contributed by atoms with Crippen molar-refractivity contribution in [2.24, 2.45) is 0 Å². The molecule has 2 aromatic rings. The van der Waals surface area contributed by atoms with Gasteiger partial charge in [-0.1, -0.05) is 23.2 Å². The quantitative estimate of drug-likeness (QED) is 0.830. The van der Waals surface area contributed by atoms with Crippen molar-refractivity contribution in [1.29, 1.82) is 0 Å². The summed E-state index contributed by atoms with van der Waals surface area (Å²) >= 11 is 11.9. The van der Waals surface area contributed by atoms with E-state index in [-0.39, 0.29) is 22.6 Å². The van der Waals surface area contributed by atoms with Crippen LogP contribution in [0.2, 0.25) is 10.2 Å². The second-order valence-electron chi connectivity index (χ2n) is 5.15. The van der Waals surface area contributed by atoms with E-state index in [9.17, 15) is 4.39 Å². The Kier molecular flexibility index (Phi) is 4.76. The third-order valence-electron chi connectivity index (χ3n) is 3.52. The molecule has 7 heteroatoms. The van der Waals surface area contributed by atoms with Gasteiger partial charge in [0.05, 0.1) is 5.02 Å². The Morgan fingerprint density at radius 2 is 1.91 bits per heavy atom. The Hall–Kier alpha value is -1.43. The van der Waals surface area contributed by atoms with E-state index in [1.165, 1.54) is 6.07 Å². The zero-order chi connectivity index (χ0) is 15.5. The summed E-state index contributed by atoms with van der Waals surface area (Å²) in [6, 6.07) is 6.00.